The van der Waals surface area contributed by atoms with Gasteiger partial charge in [0.2, 0.25) is 5.91 Å². The number of hydrogen-bond acceptors (Lipinski definition) is 4. The van der Waals surface area contributed by atoms with E-state index in [2.05, 4.69) is 4.90 Å². The number of rotatable bonds is 1. The topological polar surface area (TPSA) is 86.8 Å². The van der Waals surface area contributed by atoms with Crippen molar-refractivity contribution in [2.45, 2.75) is 42.7 Å². The van der Waals surface area contributed by atoms with Crippen LogP contribution in [0.5, 0.6) is 5.75 Å². The summed E-state index contributed by atoms with van der Waals surface area (Å²) < 4.78 is 0. The van der Waals surface area contributed by atoms with Gasteiger partial charge in [0.15, 0.2) is 0 Å². The van der Waals surface area contributed by atoms with E-state index >= 15 is 0 Å². The number of aliphatic hydroxyl groups is 1. The van der Waals surface area contributed by atoms with Crippen molar-refractivity contribution in [1.29, 1.82) is 0 Å². The number of aromatic hydroxyl groups is 1. The van der Waals surface area contributed by atoms with Gasteiger partial charge in [-0.15, -0.1) is 0 Å². The van der Waals surface area contributed by atoms with Gasteiger partial charge in [-0.3, -0.25) is 4.79 Å². The molecule has 22 heavy (non-hydrogen) atoms. The van der Waals surface area contributed by atoms with Crippen molar-refractivity contribution in [2.24, 2.45) is 11.7 Å². The molecule has 1 amide bonds. The highest BCUT2D eigenvalue weighted by Gasteiger charge is 2.67. The van der Waals surface area contributed by atoms with Gasteiger partial charge in [-0.05, 0) is 62.5 Å². The maximum Gasteiger partial charge on any atom is 0.220 e. The second-order valence-corrected chi connectivity index (χ2v) is 7.31. The molecular formula is C17H22N2O3. The standard InChI is InChI=1S/C17H22N2O3/c1-19-5-4-16-8-11(15(18)21)9-17(16,22)14(19)6-10-2-3-12(20)7-13(10)16/h2-3,7,11,14,20,22H,4-6,8-9H2,1H3,(H2,18,21)/t11-,14-,16-,17-/m1/s1. The van der Waals surface area contributed by atoms with Gasteiger partial charge < -0.3 is 20.8 Å². The third kappa shape index (κ3) is 1.53. The van der Waals surface area contributed by atoms with E-state index in [1.807, 2.05) is 13.1 Å². The van der Waals surface area contributed by atoms with E-state index in [1.54, 1.807) is 12.1 Å². The summed E-state index contributed by atoms with van der Waals surface area (Å²) in [5.74, 6) is -0.408. The Bertz CT molecular complexity index is 661. The first kappa shape index (κ1) is 14.0. The number of primary amides is 1. The summed E-state index contributed by atoms with van der Waals surface area (Å²) in [6.45, 7) is 0.882. The van der Waals surface area contributed by atoms with Gasteiger partial charge in [-0.25, -0.2) is 0 Å². The van der Waals surface area contributed by atoms with Crippen LogP contribution in [0.25, 0.3) is 0 Å². The van der Waals surface area contributed by atoms with E-state index in [1.165, 1.54) is 5.56 Å². The van der Waals surface area contributed by atoms with Crippen LogP contribution in [0, 0.1) is 5.92 Å². The highest BCUT2D eigenvalue weighted by molar-refractivity contribution is 5.78. The Morgan fingerprint density at radius 1 is 1.41 bits per heavy atom. The molecule has 2 bridgehead atoms. The van der Waals surface area contributed by atoms with Gasteiger partial charge in [0.25, 0.3) is 0 Å². The minimum absolute atomic E-state index is 0.00245. The fourth-order valence-electron chi connectivity index (χ4n) is 5.30. The second kappa shape index (κ2) is 4.24. The molecule has 118 valence electrons. The normalized spacial score (nSPS) is 40.1. The van der Waals surface area contributed by atoms with Gasteiger partial charge in [-0.2, -0.15) is 0 Å². The zero-order chi connectivity index (χ0) is 15.7. The number of hydrogen-bond donors (Lipinski definition) is 3. The minimum Gasteiger partial charge on any atom is -0.508 e. The number of carbonyl (C=O) groups excluding carboxylic acids is 1. The van der Waals surface area contributed by atoms with Gasteiger partial charge in [-0.1, -0.05) is 6.07 Å². The molecule has 4 atom stereocenters. The minimum atomic E-state index is -0.944. The third-order valence-corrected chi connectivity index (χ3v) is 6.38. The number of amides is 1. The summed E-state index contributed by atoms with van der Waals surface area (Å²) in [6, 6.07) is 5.44. The van der Waals surface area contributed by atoms with Crippen LogP contribution in [-0.4, -0.2) is 46.3 Å². The number of phenolic OH excluding ortho intramolecular Hbond substituents is 1. The summed E-state index contributed by atoms with van der Waals surface area (Å²) in [6.07, 6.45) is 2.54. The maximum absolute atomic E-state index is 11.8. The summed E-state index contributed by atoms with van der Waals surface area (Å²) in [5.41, 5.74) is 6.34. The Balaban J connectivity index is 1.94. The zero-order valence-electron chi connectivity index (χ0n) is 12.7. The molecule has 5 heteroatoms. The van der Waals surface area contributed by atoms with Crippen LogP contribution in [0.2, 0.25) is 0 Å². The van der Waals surface area contributed by atoms with Crippen molar-refractivity contribution in [3.8, 4) is 5.75 Å². The first-order valence-corrected chi connectivity index (χ1v) is 7.92. The van der Waals surface area contributed by atoms with E-state index in [0.717, 1.165) is 24.9 Å². The van der Waals surface area contributed by atoms with E-state index in [0.29, 0.717) is 12.8 Å². The molecule has 1 saturated carbocycles. The molecule has 1 aromatic carbocycles. The zero-order valence-corrected chi connectivity index (χ0v) is 12.7. The molecule has 1 heterocycles. The average Bonchev–Trinajstić information content (AvgIpc) is 2.79. The lowest BCUT2D eigenvalue weighted by Crippen LogP contribution is -2.68. The number of nitrogens with two attached hydrogens (primary N) is 1. The van der Waals surface area contributed by atoms with Crippen molar-refractivity contribution in [3.05, 3.63) is 29.3 Å². The van der Waals surface area contributed by atoms with E-state index < -0.39 is 11.0 Å². The molecule has 4 N–H and O–H groups in total. The molecular weight excluding hydrogens is 280 g/mol. The SMILES string of the molecule is CN1CC[C@]23C[C@@H](C(N)=O)C[C@@]2(O)[C@H]1Cc1ccc(O)cc13. The van der Waals surface area contributed by atoms with Gasteiger partial charge >= 0.3 is 0 Å². The fraction of sp³-hybridized carbons (Fsp3) is 0.588. The molecule has 0 spiro atoms. The average molecular weight is 302 g/mol. The van der Waals surface area contributed by atoms with Crippen LogP contribution < -0.4 is 5.73 Å². The number of phenols is 1. The Morgan fingerprint density at radius 2 is 2.18 bits per heavy atom. The van der Waals surface area contributed by atoms with E-state index in [-0.39, 0.29) is 23.6 Å². The van der Waals surface area contributed by atoms with Crippen LogP contribution in [0.4, 0.5) is 0 Å². The van der Waals surface area contributed by atoms with Crippen LogP contribution >= 0.6 is 0 Å². The lowest BCUT2D eigenvalue weighted by Gasteiger charge is -2.58. The van der Waals surface area contributed by atoms with Crippen molar-refractivity contribution < 1.29 is 15.0 Å². The van der Waals surface area contributed by atoms with E-state index in [4.69, 9.17) is 5.73 Å². The Morgan fingerprint density at radius 3 is 2.91 bits per heavy atom. The predicted molar refractivity (Wildman–Crippen MR) is 81.4 cm³/mol. The molecule has 0 aromatic heterocycles. The van der Waals surface area contributed by atoms with Crippen LogP contribution in [-0.2, 0) is 16.6 Å². The van der Waals surface area contributed by atoms with Crippen LogP contribution in [0.15, 0.2) is 18.2 Å². The monoisotopic (exact) mass is 302 g/mol. The molecule has 2 fully saturated rings. The molecule has 0 radical (unpaired) electrons. The molecule has 2 aliphatic carbocycles. The Kier molecular flexibility index (Phi) is 2.70. The maximum atomic E-state index is 11.8. The van der Waals surface area contributed by atoms with E-state index in [9.17, 15) is 15.0 Å². The molecule has 1 saturated heterocycles. The molecule has 4 rings (SSSR count). The van der Waals surface area contributed by atoms with Crippen molar-refractivity contribution in [1.82, 2.24) is 4.90 Å². The summed E-state index contributed by atoms with van der Waals surface area (Å²) >= 11 is 0. The number of likely N-dealkylation sites (tertiary alicyclic amines) is 1. The highest BCUT2D eigenvalue weighted by atomic mass is 16.3. The lowest BCUT2D eigenvalue weighted by atomic mass is 9.56. The van der Waals surface area contributed by atoms with Gasteiger partial charge in [0, 0.05) is 17.4 Å². The lowest BCUT2D eigenvalue weighted by molar-refractivity contribution is -0.128. The second-order valence-electron chi connectivity index (χ2n) is 7.31. The molecule has 3 aliphatic rings. The summed E-state index contributed by atoms with van der Waals surface area (Å²) in [5, 5.41) is 21.5. The van der Waals surface area contributed by atoms with Crippen LogP contribution in [0.3, 0.4) is 0 Å². The largest absolute Gasteiger partial charge is 0.508 e. The fourth-order valence-corrected chi connectivity index (χ4v) is 5.30. The molecule has 5 nitrogen and oxygen atoms in total. The third-order valence-electron chi connectivity index (χ3n) is 6.38. The first-order valence-electron chi connectivity index (χ1n) is 7.92. The van der Waals surface area contributed by atoms with Gasteiger partial charge in [0.1, 0.15) is 5.75 Å². The number of carbonyl (C=O) groups is 1. The number of piperidine rings is 1. The quantitative estimate of drug-likeness (QED) is 0.706. The number of benzene rings is 1. The first-order chi connectivity index (χ1) is 10.4. The highest BCUT2D eigenvalue weighted by Crippen LogP contribution is 2.61. The van der Waals surface area contributed by atoms with Crippen molar-refractivity contribution >= 4 is 5.91 Å². The Labute approximate surface area is 129 Å². The Hall–Kier alpha value is -1.59. The van der Waals surface area contributed by atoms with Gasteiger partial charge in [0.05, 0.1) is 5.60 Å². The molecule has 1 aliphatic heterocycles. The summed E-state index contributed by atoms with van der Waals surface area (Å²) in [4.78, 5) is 14.0. The predicted octanol–water partition coefficient (Wildman–Crippen LogP) is 0.517. The van der Waals surface area contributed by atoms with Crippen LogP contribution in [0.1, 0.15) is 30.4 Å². The molecule has 1 aromatic rings. The smallest absolute Gasteiger partial charge is 0.220 e. The molecule has 0 unspecified atom stereocenters. The number of fused-ring (bicyclic) bond motifs is 1. The number of nitrogens with zero attached hydrogens (tertiary/aromatic N) is 1. The van der Waals surface area contributed by atoms with Crippen molar-refractivity contribution in [2.75, 3.05) is 13.6 Å². The van der Waals surface area contributed by atoms with Crippen molar-refractivity contribution in [3.63, 3.8) is 0 Å². The number of likely N-dealkylation sites (N-methyl/N-ethyl adjacent to an activating group) is 1. The summed E-state index contributed by atoms with van der Waals surface area (Å²) in [7, 11) is 2.04.